The Morgan fingerprint density at radius 2 is 1.52 bits per heavy atom. The van der Waals surface area contributed by atoms with Gasteiger partial charge in [-0.2, -0.15) is 0 Å². The Morgan fingerprint density at radius 3 is 2.26 bits per heavy atom. The van der Waals surface area contributed by atoms with Crippen LogP contribution in [0.1, 0.15) is 95.4 Å². The predicted molar refractivity (Wildman–Crippen MR) is 338 cm³/mol. The Labute approximate surface area is 526 Å². The van der Waals surface area contributed by atoms with Crippen LogP contribution in [0.15, 0.2) is 114 Å². The molecule has 0 bridgehead atoms. The van der Waals surface area contributed by atoms with Gasteiger partial charge in [0.15, 0.2) is 0 Å². The van der Waals surface area contributed by atoms with Gasteiger partial charge < -0.3 is 44.2 Å². The molecule has 5 amide bonds. The summed E-state index contributed by atoms with van der Waals surface area (Å²) in [6.45, 7) is 11.8. The van der Waals surface area contributed by atoms with Gasteiger partial charge in [0, 0.05) is 99.0 Å². The number of allylic oxidation sites excluding steroid dienone is 1. The number of nitrogens with zero attached hydrogens (tertiary/aromatic N) is 5. The van der Waals surface area contributed by atoms with Gasteiger partial charge >= 0.3 is 0 Å². The number of rotatable bonds is 30. The first kappa shape index (κ1) is 64.7. The number of sulfonamides is 1. The van der Waals surface area contributed by atoms with Crippen molar-refractivity contribution in [2.45, 2.75) is 69.7 Å². The molecular formula is C64H73ClN10O14S. The number of aromatic nitrogens is 2. The lowest BCUT2D eigenvalue weighted by Gasteiger charge is -2.39. The number of nitrogens with one attached hydrogen (secondary N) is 5. The zero-order valence-corrected chi connectivity index (χ0v) is 51.8. The molecule has 1 atom stereocenters. The monoisotopic (exact) mass is 1270 g/mol. The summed E-state index contributed by atoms with van der Waals surface area (Å²) in [7, 11) is -4.64. The first-order chi connectivity index (χ1) is 43.4. The van der Waals surface area contributed by atoms with Gasteiger partial charge in [-0.15, -0.1) is 0 Å². The van der Waals surface area contributed by atoms with Crippen molar-refractivity contribution in [2.75, 3.05) is 114 Å². The third kappa shape index (κ3) is 16.2. The molecule has 1 aliphatic carbocycles. The highest BCUT2D eigenvalue weighted by Gasteiger charge is 2.46. The molecule has 0 spiro atoms. The topological polar surface area (TPSA) is 295 Å². The highest BCUT2D eigenvalue weighted by molar-refractivity contribution is 7.90. The molecule has 6 aromatic rings. The molecule has 24 nitrogen and oxygen atoms in total. The first-order valence-corrected chi connectivity index (χ1v) is 32.0. The summed E-state index contributed by atoms with van der Waals surface area (Å²) >= 11 is 6.26. The van der Waals surface area contributed by atoms with Gasteiger partial charge in [0.05, 0.1) is 79.0 Å². The van der Waals surface area contributed by atoms with Crippen molar-refractivity contribution in [3.63, 3.8) is 0 Å². The van der Waals surface area contributed by atoms with E-state index in [2.05, 4.69) is 66.4 Å². The van der Waals surface area contributed by atoms with Gasteiger partial charge in [-0.3, -0.25) is 49.2 Å². The van der Waals surface area contributed by atoms with Crippen LogP contribution in [0.2, 0.25) is 5.02 Å². The number of piperidine rings is 1. The number of halogens is 1. The number of ether oxygens (including phenoxy) is 5. The van der Waals surface area contributed by atoms with Crippen molar-refractivity contribution in [3.8, 4) is 11.5 Å². The van der Waals surface area contributed by atoms with E-state index in [4.69, 9.17) is 35.3 Å². The third-order valence-corrected chi connectivity index (χ3v) is 17.8. The second kappa shape index (κ2) is 29.6. The van der Waals surface area contributed by atoms with E-state index in [9.17, 15) is 42.5 Å². The van der Waals surface area contributed by atoms with E-state index in [1.807, 2.05) is 18.2 Å². The van der Waals surface area contributed by atoms with Crippen molar-refractivity contribution < 1.29 is 61.0 Å². The maximum absolute atomic E-state index is 14.1. The third-order valence-electron chi connectivity index (χ3n) is 16.2. The van der Waals surface area contributed by atoms with E-state index >= 15 is 0 Å². The average molecular weight is 1270 g/mol. The van der Waals surface area contributed by atoms with E-state index in [-0.39, 0.29) is 53.0 Å². The van der Waals surface area contributed by atoms with Crippen molar-refractivity contribution in [1.82, 2.24) is 29.8 Å². The van der Waals surface area contributed by atoms with Gasteiger partial charge in [-0.25, -0.2) is 18.1 Å². The van der Waals surface area contributed by atoms with E-state index in [1.54, 1.807) is 36.5 Å². The van der Waals surface area contributed by atoms with Gasteiger partial charge in [-0.05, 0) is 116 Å². The summed E-state index contributed by atoms with van der Waals surface area (Å²) in [6, 6.07) is 23.9. The minimum absolute atomic E-state index is 0.0361. The summed E-state index contributed by atoms with van der Waals surface area (Å²) < 4.78 is 58.6. The molecule has 26 heteroatoms. The Balaban J connectivity index is 0.632. The number of anilines is 3. The van der Waals surface area contributed by atoms with E-state index in [0.29, 0.717) is 107 Å². The number of amides is 5. The summed E-state index contributed by atoms with van der Waals surface area (Å²) in [4.78, 5) is 88.7. The number of piperazine rings is 1. The summed E-state index contributed by atoms with van der Waals surface area (Å²) in [5.74, 6) is -2.86. The molecule has 0 radical (unpaired) electrons. The maximum atomic E-state index is 14.1. The lowest BCUT2D eigenvalue weighted by Crippen LogP contribution is -2.54. The molecule has 90 heavy (non-hydrogen) atoms. The number of carbonyl (C=O) groups excluding carboxylic acids is 5. The number of fused-ring (bicyclic) bond motifs is 2. The largest absolute Gasteiger partial charge is 0.455 e. The molecule has 476 valence electrons. The number of nitro benzene ring substituents is 1. The Bertz CT molecular complexity index is 3780. The molecule has 2 saturated heterocycles. The van der Waals surface area contributed by atoms with E-state index in [1.165, 1.54) is 47.2 Å². The maximum Gasteiger partial charge on any atom is 0.293 e. The van der Waals surface area contributed by atoms with Crippen LogP contribution in [0.3, 0.4) is 0 Å². The molecule has 4 aromatic carbocycles. The molecule has 10 rings (SSSR count). The van der Waals surface area contributed by atoms with Crippen molar-refractivity contribution in [1.29, 1.82) is 0 Å². The van der Waals surface area contributed by atoms with Crippen molar-refractivity contribution in [3.05, 3.63) is 146 Å². The number of hydrogen-bond acceptors (Lipinski definition) is 19. The summed E-state index contributed by atoms with van der Waals surface area (Å²) in [5.41, 5.74) is 6.02. The number of benzene rings is 4. The number of imide groups is 2. The summed E-state index contributed by atoms with van der Waals surface area (Å²) in [5, 5.41) is 22.1. The number of nitro groups is 1. The van der Waals surface area contributed by atoms with Crippen molar-refractivity contribution >= 4 is 90.5 Å². The zero-order chi connectivity index (χ0) is 63.4. The Kier molecular flexibility index (Phi) is 21.2. The minimum Gasteiger partial charge on any atom is -0.455 e. The van der Waals surface area contributed by atoms with Gasteiger partial charge in [0.1, 0.15) is 28.9 Å². The minimum atomic E-state index is -4.64. The molecular weight excluding hydrogens is 1200 g/mol. The Hall–Kier alpha value is -8.30. The number of hydrogen-bond donors (Lipinski definition) is 5. The smallest absolute Gasteiger partial charge is 0.293 e. The number of unbranched alkanes of at least 4 members (excludes halogenated alkanes) is 1. The molecule has 2 fully saturated rings. The molecule has 4 aliphatic rings. The lowest BCUT2D eigenvalue weighted by atomic mass is 9.72. The summed E-state index contributed by atoms with van der Waals surface area (Å²) in [6.07, 6.45) is 7.70. The molecule has 5 heterocycles. The SMILES string of the molecule is CC1(C)CCC(CN2CCN(c3ccc(C(=O)NS(=O)(=O)c4ccc(NCCCCOCCOCCOCCOCCNc5cccc6c5C(=O)N(C5CCC(=O)NC5=O)C6=O)c([N+](=O)[O-])c4)c(Oc4cnc5[nH]ccc5c4)c3)CC2)=C(c2ccc(Cl)cc2)C1. The predicted octanol–water partition coefficient (Wildman–Crippen LogP) is 8.59. The molecule has 0 saturated carbocycles. The number of carbonyl (C=O) groups is 5. The van der Waals surface area contributed by atoms with Gasteiger partial charge in [-0.1, -0.05) is 49.2 Å². The van der Waals surface area contributed by atoms with Crippen molar-refractivity contribution in [2.24, 2.45) is 5.41 Å². The number of H-pyrrole nitrogens is 1. The van der Waals surface area contributed by atoms with Crippen LogP contribution in [-0.4, -0.2) is 167 Å². The fourth-order valence-corrected chi connectivity index (χ4v) is 12.5. The number of pyridine rings is 1. The van der Waals surface area contributed by atoms with Crippen LogP contribution in [0.25, 0.3) is 16.6 Å². The second-order valence-electron chi connectivity index (χ2n) is 23.1. The Morgan fingerprint density at radius 1 is 0.800 bits per heavy atom. The van der Waals surface area contributed by atoms with E-state index < -0.39 is 61.1 Å². The standard InChI is InChI=1S/C64H73ClN10O14S/c1-64(2)20-18-44(51(39-64)42-8-10-45(65)11-9-42)41-72-24-26-73(27-25-72)46-12-14-49(56(37-46)89-47-36-43-19-22-68-59(43)69-40-47)60(77)71-90(83,84)48-13-15-52(55(38-48)75(81)82)66-21-3-4-28-85-30-32-87-34-35-88-33-31-86-29-23-67-53-7-5-6-50-58(53)63(80)74(62(50)79)54-16-17-57(76)70-61(54)78/h5-15,19,22,36-38,40,54,66-67H,3-4,16-18,20-21,23-35,39,41H2,1-2H3,(H,68,69)(H,71,77)(H,70,76,78). The molecule has 2 aromatic heterocycles. The first-order valence-electron chi connectivity index (χ1n) is 30.1. The van der Waals surface area contributed by atoms with Crippen LogP contribution in [0, 0.1) is 15.5 Å². The normalized spacial score (nSPS) is 17.0. The lowest BCUT2D eigenvalue weighted by molar-refractivity contribution is -0.384. The van der Waals surface area contributed by atoms with Crippen LogP contribution in [-0.2, 0) is 38.6 Å². The second-order valence-corrected chi connectivity index (χ2v) is 25.2. The average Bonchev–Trinajstić information content (AvgIpc) is 1.66. The fourth-order valence-electron chi connectivity index (χ4n) is 11.4. The molecule has 5 N–H and O–H groups in total. The molecule has 3 aliphatic heterocycles. The zero-order valence-electron chi connectivity index (χ0n) is 50.2. The van der Waals surface area contributed by atoms with E-state index in [0.717, 1.165) is 60.9 Å². The van der Waals surface area contributed by atoms with Crippen LogP contribution < -0.4 is 30.3 Å². The number of aromatic amines is 1. The van der Waals surface area contributed by atoms with Crippen LogP contribution in [0.4, 0.5) is 22.7 Å². The molecule has 1 unspecified atom stereocenters. The van der Waals surface area contributed by atoms with Gasteiger partial charge in [0.25, 0.3) is 33.4 Å². The van der Waals surface area contributed by atoms with Crippen LogP contribution in [0.5, 0.6) is 11.5 Å². The quantitative estimate of drug-likeness (QED) is 0.0122. The van der Waals surface area contributed by atoms with Crippen LogP contribution >= 0.6 is 11.6 Å². The fraction of sp³-hybridized carbons (Fsp3) is 0.406. The van der Waals surface area contributed by atoms with Gasteiger partial charge in [0.2, 0.25) is 11.8 Å². The highest BCUT2D eigenvalue weighted by Crippen LogP contribution is 2.44. The highest BCUT2D eigenvalue weighted by atomic mass is 35.5.